The van der Waals surface area contributed by atoms with E-state index in [9.17, 15) is 5.26 Å². The quantitative estimate of drug-likeness (QED) is 0.697. The van der Waals surface area contributed by atoms with E-state index in [2.05, 4.69) is 26.6 Å². The molecule has 0 saturated heterocycles. The second-order valence-corrected chi connectivity index (χ2v) is 5.64. The molecule has 25 heavy (non-hydrogen) atoms. The highest BCUT2D eigenvalue weighted by Gasteiger charge is 2.12. The Morgan fingerprint density at radius 2 is 1.84 bits per heavy atom. The molecule has 6 nitrogen and oxygen atoms in total. The summed E-state index contributed by atoms with van der Waals surface area (Å²) < 4.78 is 0. The van der Waals surface area contributed by atoms with Crippen molar-refractivity contribution >= 4 is 29.2 Å². The van der Waals surface area contributed by atoms with Crippen LogP contribution in [0, 0.1) is 11.3 Å². The third kappa shape index (κ3) is 3.85. The van der Waals surface area contributed by atoms with Crippen molar-refractivity contribution in [3.63, 3.8) is 0 Å². The maximum atomic E-state index is 9.43. The molecule has 2 aromatic carbocycles. The van der Waals surface area contributed by atoms with E-state index in [1.54, 1.807) is 6.21 Å². The summed E-state index contributed by atoms with van der Waals surface area (Å²) in [6.07, 6.45) is 1.70. The van der Waals surface area contributed by atoms with E-state index < -0.39 is 0 Å². The van der Waals surface area contributed by atoms with Gasteiger partial charge in [0.1, 0.15) is 17.5 Å². The van der Waals surface area contributed by atoms with E-state index in [0.717, 1.165) is 16.9 Å². The van der Waals surface area contributed by atoms with E-state index in [1.165, 1.54) is 0 Å². The number of H-pyrrole nitrogens is 1. The van der Waals surface area contributed by atoms with Crippen LogP contribution in [0.4, 0.5) is 23.0 Å². The Morgan fingerprint density at radius 3 is 2.48 bits per heavy atom. The molecule has 0 spiro atoms. The van der Waals surface area contributed by atoms with Crippen LogP contribution in [0.2, 0.25) is 0 Å². The summed E-state index contributed by atoms with van der Waals surface area (Å²) >= 11 is 0. The summed E-state index contributed by atoms with van der Waals surface area (Å²) in [5, 5.41) is 19.5. The number of aliphatic imine (C=N–C) groups is 1. The molecule has 0 aliphatic carbocycles. The first kappa shape index (κ1) is 16.3. The third-order valence-electron chi connectivity index (χ3n) is 3.65. The summed E-state index contributed by atoms with van der Waals surface area (Å²) in [6.45, 7) is 0. The lowest BCUT2D eigenvalue weighted by Gasteiger charge is -2.11. The van der Waals surface area contributed by atoms with E-state index >= 15 is 0 Å². The van der Waals surface area contributed by atoms with E-state index in [0.29, 0.717) is 17.2 Å². The van der Waals surface area contributed by atoms with Gasteiger partial charge in [0.05, 0.1) is 0 Å². The first-order valence-electron chi connectivity index (χ1n) is 7.79. The lowest BCUT2D eigenvalue weighted by molar-refractivity contribution is 1.09. The summed E-state index contributed by atoms with van der Waals surface area (Å²) in [6, 6.07) is 19.7. The van der Waals surface area contributed by atoms with E-state index in [-0.39, 0.29) is 0 Å². The summed E-state index contributed by atoms with van der Waals surface area (Å²) in [5.41, 5.74) is 3.31. The van der Waals surface area contributed by atoms with Crippen molar-refractivity contribution in [1.82, 2.24) is 10.2 Å². The molecule has 3 rings (SSSR count). The van der Waals surface area contributed by atoms with Crippen LogP contribution in [0.5, 0.6) is 0 Å². The number of aromatic amines is 1. The molecule has 6 heteroatoms. The highest BCUT2D eigenvalue weighted by Crippen LogP contribution is 2.25. The molecule has 2 N–H and O–H groups in total. The maximum Gasteiger partial charge on any atom is 0.193 e. The molecule has 1 aromatic heterocycles. The van der Waals surface area contributed by atoms with Gasteiger partial charge in [0.25, 0.3) is 0 Å². The average molecular weight is 330 g/mol. The molecule has 3 aromatic rings. The number of aromatic nitrogens is 2. The predicted octanol–water partition coefficient (Wildman–Crippen LogP) is 3.84. The minimum Gasteiger partial charge on any atom is -0.378 e. The van der Waals surface area contributed by atoms with E-state index in [4.69, 9.17) is 0 Å². The maximum absolute atomic E-state index is 9.43. The topological polar surface area (TPSA) is 80.1 Å². The Labute approximate surface area is 146 Å². The zero-order valence-corrected chi connectivity index (χ0v) is 14.1. The van der Waals surface area contributed by atoms with Crippen molar-refractivity contribution < 1.29 is 0 Å². The average Bonchev–Trinajstić information content (AvgIpc) is 3.02. The van der Waals surface area contributed by atoms with E-state index in [1.807, 2.05) is 73.6 Å². The van der Waals surface area contributed by atoms with Crippen LogP contribution in [0.3, 0.4) is 0 Å². The molecule has 1 heterocycles. The minimum absolute atomic E-state index is 0.359. The Hall–Kier alpha value is -3.59. The van der Waals surface area contributed by atoms with Crippen molar-refractivity contribution in [3.05, 3.63) is 65.7 Å². The molecule has 124 valence electrons. The number of anilines is 3. The Morgan fingerprint density at radius 1 is 1.12 bits per heavy atom. The SMILES string of the molecule is CN(C)c1ccc(C=Nc2n[nH]c(Nc3ccccc3)c2C#N)cc1. The first-order chi connectivity index (χ1) is 12.2. The molecule has 0 saturated carbocycles. The number of rotatable bonds is 5. The number of benzene rings is 2. The van der Waals surface area contributed by atoms with Gasteiger partial charge >= 0.3 is 0 Å². The fraction of sp³-hybridized carbons (Fsp3) is 0.105. The lowest BCUT2D eigenvalue weighted by atomic mass is 10.2. The van der Waals surface area contributed by atoms with Gasteiger partial charge in [-0.15, -0.1) is 0 Å². The van der Waals surface area contributed by atoms with Crippen LogP contribution in [-0.2, 0) is 0 Å². The molecule has 0 amide bonds. The van der Waals surface area contributed by atoms with Gasteiger partial charge in [0.15, 0.2) is 5.82 Å². The van der Waals surface area contributed by atoms with Crippen molar-refractivity contribution in [3.8, 4) is 6.07 Å². The van der Waals surface area contributed by atoms with Crippen LogP contribution in [0.15, 0.2) is 59.6 Å². The number of nitriles is 1. The van der Waals surface area contributed by atoms with Crippen molar-refractivity contribution in [2.45, 2.75) is 0 Å². The monoisotopic (exact) mass is 330 g/mol. The smallest absolute Gasteiger partial charge is 0.193 e. The molecule has 0 radical (unpaired) electrons. The Kier molecular flexibility index (Phi) is 4.77. The van der Waals surface area contributed by atoms with Gasteiger partial charge in [0.2, 0.25) is 0 Å². The van der Waals surface area contributed by atoms with Crippen LogP contribution < -0.4 is 10.2 Å². The van der Waals surface area contributed by atoms with Crippen LogP contribution in [-0.4, -0.2) is 30.5 Å². The van der Waals surface area contributed by atoms with Crippen molar-refractivity contribution in [1.29, 1.82) is 5.26 Å². The van der Waals surface area contributed by atoms with Gasteiger partial charge in [-0.1, -0.05) is 30.3 Å². The van der Waals surface area contributed by atoms with Crippen LogP contribution in [0.1, 0.15) is 11.1 Å². The third-order valence-corrected chi connectivity index (χ3v) is 3.65. The van der Waals surface area contributed by atoms with Gasteiger partial charge in [-0.25, -0.2) is 4.99 Å². The van der Waals surface area contributed by atoms with Gasteiger partial charge in [-0.3, -0.25) is 5.10 Å². The fourth-order valence-electron chi connectivity index (χ4n) is 2.28. The summed E-state index contributed by atoms with van der Waals surface area (Å²) in [5.74, 6) is 0.890. The molecule has 0 fully saturated rings. The highest BCUT2D eigenvalue weighted by atomic mass is 15.2. The number of hydrogen-bond donors (Lipinski definition) is 2. The number of hydrogen-bond acceptors (Lipinski definition) is 5. The normalized spacial score (nSPS) is 10.6. The molecule has 0 atom stereocenters. The molecular weight excluding hydrogens is 312 g/mol. The fourth-order valence-corrected chi connectivity index (χ4v) is 2.28. The predicted molar refractivity (Wildman–Crippen MR) is 101 cm³/mol. The van der Waals surface area contributed by atoms with Gasteiger partial charge in [-0.05, 0) is 29.8 Å². The van der Waals surface area contributed by atoms with Crippen LogP contribution >= 0.6 is 0 Å². The van der Waals surface area contributed by atoms with Crippen LogP contribution in [0.25, 0.3) is 0 Å². The molecular formula is C19H18N6. The molecule has 0 unspecified atom stereocenters. The molecule has 0 aliphatic heterocycles. The zero-order valence-electron chi connectivity index (χ0n) is 14.1. The standard InChI is InChI=1S/C19H18N6/c1-25(2)16-10-8-14(9-11-16)13-21-18-17(12-20)19(24-23-18)22-15-6-4-3-5-7-15/h3-11,13H,1-2H3,(H2,22,23,24). The summed E-state index contributed by atoms with van der Waals surface area (Å²) in [7, 11) is 3.99. The number of nitrogens with zero attached hydrogens (tertiary/aromatic N) is 4. The zero-order chi connectivity index (χ0) is 17.6. The number of para-hydroxylation sites is 1. The molecule has 0 bridgehead atoms. The van der Waals surface area contributed by atoms with Crippen molar-refractivity contribution in [2.75, 3.05) is 24.3 Å². The largest absolute Gasteiger partial charge is 0.378 e. The Balaban J connectivity index is 1.80. The minimum atomic E-state index is 0.359. The van der Waals surface area contributed by atoms with Gasteiger partial charge in [-0.2, -0.15) is 10.4 Å². The number of nitrogens with one attached hydrogen (secondary N) is 2. The second-order valence-electron chi connectivity index (χ2n) is 5.64. The highest BCUT2D eigenvalue weighted by molar-refractivity contribution is 5.83. The van der Waals surface area contributed by atoms with Gasteiger partial charge in [0, 0.05) is 31.7 Å². The first-order valence-corrected chi connectivity index (χ1v) is 7.79. The summed E-state index contributed by atoms with van der Waals surface area (Å²) in [4.78, 5) is 6.37. The Bertz CT molecular complexity index is 901. The van der Waals surface area contributed by atoms with Crippen molar-refractivity contribution in [2.24, 2.45) is 4.99 Å². The van der Waals surface area contributed by atoms with Gasteiger partial charge < -0.3 is 10.2 Å². The lowest BCUT2D eigenvalue weighted by Crippen LogP contribution is -2.08. The second kappa shape index (κ2) is 7.32. The molecule has 0 aliphatic rings.